The highest BCUT2D eigenvalue weighted by Crippen LogP contribution is 2.61. The zero-order valence-electron chi connectivity index (χ0n) is 13.7. The molecular formula is C18H18BrF3N2S. The van der Waals surface area contributed by atoms with Gasteiger partial charge in [-0.25, -0.2) is 0 Å². The van der Waals surface area contributed by atoms with Crippen LogP contribution in [0, 0.1) is 11.3 Å². The normalized spacial score (nSPS) is 34.4. The van der Waals surface area contributed by atoms with Crippen LogP contribution in [0.4, 0.5) is 13.2 Å². The SMILES string of the molecule is CC1=NC2(NC1=S)c1cc(Br)ccc1CC21CCC(C(F)(F)F)CC1. The van der Waals surface area contributed by atoms with Crippen LogP contribution in [0.25, 0.3) is 0 Å². The zero-order chi connectivity index (χ0) is 18.0. The molecule has 4 rings (SSSR count). The lowest BCUT2D eigenvalue weighted by atomic mass is 9.63. The van der Waals surface area contributed by atoms with Gasteiger partial charge in [-0.15, -0.1) is 0 Å². The van der Waals surface area contributed by atoms with E-state index in [1.54, 1.807) is 0 Å². The van der Waals surface area contributed by atoms with Gasteiger partial charge in [-0.1, -0.05) is 34.2 Å². The number of thiocarbonyl (C=S) groups is 1. The van der Waals surface area contributed by atoms with E-state index < -0.39 is 17.8 Å². The van der Waals surface area contributed by atoms with E-state index in [2.05, 4.69) is 27.3 Å². The largest absolute Gasteiger partial charge is 0.391 e. The molecule has 134 valence electrons. The minimum Gasteiger partial charge on any atom is -0.347 e. The van der Waals surface area contributed by atoms with Gasteiger partial charge in [0.1, 0.15) is 4.99 Å². The molecule has 2 aliphatic carbocycles. The topological polar surface area (TPSA) is 24.4 Å². The number of hydrogen-bond donors (Lipinski definition) is 1. The molecule has 1 saturated carbocycles. The molecule has 2 spiro atoms. The second-order valence-electron chi connectivity index (χ2n) is 7.44. The first-order valence-electron chi connectivity index (χ1n) is 8.41. The number of nitrogens with one attached hydrogen (secondary N) is 1. The number of aliphatic imine (C=N–C) groups is 1. The molecule has 3 aliphatic rings. The van der Waals surface area contributed by atoms with Gasteiger partial charge >= 0.3 is 6.18 Å². The maximum Gasteiger partial charge on any atom is 0.391 e. The molecule has 0 amide bonds. The smallest absolute Gasteiger partial charge is 0.347 e. The molecule has 1 atom stereocenters. The lowest BCUT2D eigenvalue weighted by Gasteiger charge is -2.47. The molecule has 0 aromatic heterocycles. The van der Waals surface area contributed by atoms with E-state index >= 15 is 0 Å². The lowest BCUT2D eigenvalue weighted by Crippen LogP contribution is -2.52. The van der Waals surface area contributed by atoms with Crippen molar-refractivity contribution in [1.82, 2.24) is 5.32 Å². The first-order chi connectivity index (χ1) is 11.7. The summed E-state index contributed by atoms with van der Waals surface area (Å²) < 4.78 is 40.4. The number of halogens is 4. The Labute approximate surface area is 158 Å². The van der Waals surface area contributed by atoms with Crippen molar-refractivity contribution in [2.45, 2.75) is 50.9 Å². The van der Waals surface area contributed by atoms with E-state index in [1.807, 2.05) is 19.1 Å². The molecule has 2 nitrogen and oxygen atoms in total. The lowest BCUT2D eigenvalue weighted by molar-refractivity contribution is -0.190. The molecule has 25 heavy (non-hydrogen) atoms. The zero-order valence-corrected chi connectivity index (χ0v) is 16.1. The molecule has 1 N–H and O–H groups in total. The van der Waals surface area contributed by atoms with E-state index in [0.717, 1.165) is 27.7 Å². The molecule has 1 aliphatic heterocycles. The molecular weight excluding hydrogens is 413 g/mol. The number of alkyl halides is 3. The van der Waals surface area contributed by atoms with Crippen molar-refractivity contribution in [3.05, 3.63) is 33.8 Å². The minimum absolute atomic E-state index is 0.156. The fourth-order valence-electron chi connectivity index (χ4n) is 4.82. The van der Waals surface area contributed by atoms with Crippen LogP contribution in [0.3, 0.4) is 0 Å². The molecule has 1 aromatic rings. The Kier molecular flexibility index (Phi) is 3.86. The van der Waals surface area contributed by atoms with Crippen molar-refractivity contribution in [2.24, 2.45) is 16.3 Å². The highest BCUT2D eigenvalue weighted by Gasteiger charge is 2.62. The summed E-state index contributed by atoms with van der Waals surface area (Å²) in [6.07, 6.45) is -2.06. The van der Waals surface area contributed by atoms with Crippen LogP contribution < -0.4 is 5.32 Å². The Morgan fingerprint density at radius 3 is 2.52 bits per heavy atom. The van der Waals surface area contributed by atoms with Crippen LogP contribution in [0.2, 0.25) is 0 Å². The summed E-state index contributed by atoms with van der Waals surface area (Å²) in [7, 11) is 0. The standard InChI is InChI=1S/C18H18BrF3N2S/c1-10-15(25)24-17(23-10)14-8-13(19)3-2-11(14)9-16(17)6-4-12(5-7-16)18(20,21)22/h2-3,8,12H,4-7,9H2,1H3,(H,24,25). The third-order valence-electron chi connectivity index (χ3n) is 6.12. The second kappa shape index (κ2) is 5.52. The Morgan fingerprint density at radius 2 is 1.96 bits per heavy atom. The quantitative estimate of drug-likeness (QED) is 0.565. The van der Waals surface area contributed by atoms with Crippen LogP contribution >= 0.6 is 28.1 Å². The van der Waals surface area contributed by atoms with Crippen molar-refractivity contribution in [3.63, 3.8) is 0 Å². The van der Waals surface area contributed by atoms with Crippen LogP contribution in [0.1, 0.15) is 43.7 Å². The summed E-state index contributed by atoms with van der Waals surface area (Å²) >= 11 is 8.93. The first kappa shape index (κ1) is 17.5. The maximum absolute atomic E-state index is 13.2. The summed E-state index contributed by atoms with van der Waals surface area (Å²) in [5, 5.41) is 3.40. The van der Waals surface area contributed by atoms with Crippen molar-refractivity contribution in [2.75, 3.05) is 0 Å². The third-order valence-corrected chi connectivity index (χ3v) is 7.01. The summed E-state index contributed by atoms with van der Waals surface area (Å²) in [5.74, 6) is -1.20. The van der Waals surface area contributed by atoms with Crippen molar-refractivity contribution in [1.29, 1.82) is 0 Å². The van der Waals surface area contributed by atoms with Gasteiger partial charge in [0.05, 0.1) is 11.6 Å². The molecule has 1 unspecified atom stereocenters. The minimum atomic E-state index is -4.11. The van der Waals surface area contributed by atoms with E-state index in [0.29, 0.717) is 17.8 Å². The van der Waals surface area contributed by atoms with Crippen molar-refractivity contribution < 1.29 is 13.2 Å². The van der Waals surface area contributed by atoms with Gasteiger partial charge in [-0.05, 0) is 56.7 Å². The summed E-state index contributed by atoms with van der Waals surface area (Å²) in [5.41, 5.74) is 1.90. The molecule has 1 heterocycles. The summed E-state index contributed by atoms with van der Waals surface area (Å²) in [6.45, 7) is 1.87. The Bertz CT molecular complexity index is 781. The molecule has 1 fully saturated rings. The van der Waals surface area contributed by atoms with Gasteiger partial charge in [-0.2, -0.15) is 13.2 Å². The van der Waals surface area contributed by atoms with E-state index in [-0.39, 0.29) is 18.3 Å². The van der Waals surface area contributed by atoms with E-state index in [9.17, 15) is 13.2 Å². The van der Waals surface area contributed by atoms with Gasteiger partial charge in [0, 0.05) is 15.5 Å². The monoisotopic (exact) mass is 430 g/mol. The fraction of sp³-hybridized carbons (Fsp3) is 0.556. The van der Waals surface area contributed by atoms with E-state index in [1.165, 1.54) is 0 Å². The average molecular weight is 431 g/mol. The Hall–Kier alpha value is -0.950. The third kappa shape index (κ3) is 2.49. The highest BCUT2D eigenvalue weighted by molar-refractivity contribution is 9.10. The van der Waals surface area contributed by atoms with Crippen molar-refractivity contribution in [3.8, 4) is 0 Å². The summed E-state index contributed by atoms with van der Waals surface area (Å²) in [6, 6.07) is 6.08. The molecule has 0 saturated heterocycles. The van der Waals surface area contributed by atoms with Crippen LogP contribution in [-0.2, 0) is 12.1 Å². The summed E-state index contributed by atoms with van der Waals surface area (Å²) in [4.78, 5) is 5.51. The maximum atomic E-state index is 13.2. The highest BCUT2D eigenvalue weighted by atomic mass is 79.9. The second-order valence-corrected chi connectivity index (χ2v) is 8.76. The fourth-order valence-corrected chi connectivity index (χ4v) is 5.37. The van der Waals surface area contributed by atoms with Gasteiger partial charge in [-0.3, -0.25) is 4.99 Å². The molecule has 7 heteroatoms. The average Bonchev–Trinajstić information content (AvgIpc) is 2.96. The van der Waals surface area contributed by atoms with Crippen LogP contribution in [0.15, 0.2) is 27.7 Å². The number of hydrogen-bond acceptors (Lipinski definition) is 2. The van der Waals surface area contributed by atoms with Gasteiger partial charge in [0.2, 0.25) is 0 Å². The van der Waals surface area contributed by atoms with E-state index in [4.69, 9.17) is 17.2 Å². The number of nitrogens with zero attached hydrogens (tertiary/aromatic N) is 1. The molecule has 0 radical (unpaired) electrons. The van der Waals surface area contributed by atoms with Crippen LogP contribution in [0.5, 0.6) is 0 Å². The Morgan fingerprint density at radius 1 is 1.28 bits per heavy atom. The van der Waals surface area contributed by atoms with Gasteiger partial charge in [0.25, 0.3) is 0 Å². The molecule has 1 aromatic carbocycles. The first-order valence-corrected chi connectivity index (χ1v) is 9.62. The van der Waals surface area contributed by atoms with Gasteiger partial charge in [0.15, 0.2) is 5.66 Å². The Balaban J connectivity index is 1.78. The predicted molar refractivity (Wildman–Crippen MR) is 98.8 cm³/mol. The van der Waals surface area contributed by atoms with Gasteiger partial charge < -0.3 is 5.32 Å². The number of benzene rings is 1. The number of fused-ring (bicyclic) bond motifs is 3. The predicted octanol–water partition coefficient (Wildman–Crippen LogP) is 5.29. The molecule has 0 bridgehead atoms. The van der Waals surface area contributed by atoms with Crippen molar-refractivity contribution >= 4 is 38.8 Å². The van der Waals surface area contributed by atoms with Crippen LogP contribution in [-0.4, -0.2) is 16.9 Å². The number of rotatable bonds is 0.